The van der Waals surface area contributed by atoms with Crippen molar-refractivity contribution >= 4 is 32.5 Å². The van der Waals surface area contributed by atoms with Crippen molar-refractivity contribution in [2.24, 2.45) is 0 Å². The molecular weight excluding hydrogens is 391 g/mol. The SMILES string of the molecule is Cc1ccc2sc(NC(C)C(=O)c3ccc(F)cc3)nc2c1C.[Br-]. The smallest absolute Gasteiger partial charge is 0.184 e. The molecule has 1 atom stereocenters. The Labute approximate surface area is 154 Å². The molecule has 1 unspecified atom stereocenters. The summed E-state index contributed by atoms with van der Waals surface area (Å²) < 4.78 is 14.0. The Morgan fingerprint density at radius 2 is 1.83 bits per heavy atom. The quantitative estimate of drug-likeness (QED) is 0.669. The molecule has 6 heteroatoms. The number of nitrogens with zero attached hydrogens (tertiary/aromatic N) is 1. The van der Waals surface area contributed by atoms with Gasteiger partial charge in [0, 0.05) is 5.56 Å². The molecule has 0 aliphatic carbocycles. The fourth-order valence-corrected chi connectivity index (χ4v) is 3.42. The van der Waals surface area contributed by atoms with Crippen molar-refractivity contribution < 1.29 is 26.2 Å². The van der Waals surface area contributed by atoms with Crippen LogP contribution >= 0.6 is 11.3 Å². The van der Waals surface area contributed by atoms with E-state index in [0.29, 0.717) is 5.56 Å². The first kappa shape index (κ1) is 18.5. The number of rotatable bonds is 4. The highest BCUT2D eigenvalue weighted by Gasteiger charge is 2.17. The zero-order chi connectivity index (χ0) is 16.6. The van der Waals surface area contributed by atoms with Crippen LogP contribution in [0.1, 0.15) is 28.4 Å². The monoisotopic (exact) mass is 407 g/mol. The van der Waals surface area contributed by atoms with Crippen molar-refractivity contribution in [3.05, 3.63) is 58.9 Å². The summed E-state index contributed by atoms with van der Waals surface area (Å²) in [7, 11) is 0. The van der Waals surface area contributed by atoms with Gasteiger partial charge in [-0.2, -0.15) is 0 Å². The molecule has 0 amide bonds. The van der Waals surface area contributed by atoms with Gasteiger partial charge in [0.15, 0.2) is 10.9 Å². The van der Waals surface area contributed by atoms with Crippen molar-refractivity contribution in [1.82, 2.24) is 4.98 Å². The van der Waals surface area contributed by atoms with Crippen LogP contribution in [0.15, 0.2) is 36.4 Å². The number of fused-ring (bicyclic) bond motifs is 1. The van der Waals surface area contributed by atoms with E-state index in [1.165, 1.54) is 41.2 Å². The van der Waals surface area contributed by atoms with Crippen molar-refractivity contribution in [2.45, 2.75) is 26.8 Å². The molecule has 0 spiro atoms. The van der Waals surface area contributed by atoms with E-state index < -0.39 is 6.04 Å². The van der Waals surface area contributed by atoms with Crippen LogP contribution in [0.5, 0.6) is 0 Å². The van der Waals surface area contributed by atoms with E-state index >= 15 is 0 Å². The van der Waals surface area contributed by atoms with Gasteiger partial charge in [0.1, 0.15) is 5.82 Å². The number of Topliss-reactive ketones (excluding diaryl/α,β-unsaturated/α-hetero) is 1. The minimum atomic E-state index is -0.428. The molecule has 2 aromatic carbocycles. The molecule has 0 aliphatic rings. The van der Waals surface area contributed by atoms with E-state index in [0.717, 1.165) is 20.9 Å². The predicted octanol–water partition coefficient (Wildman–Crippen LogP) is 1.74. The lowest BCUT2D eigenvalue weighted by atomic mass is 10.1. The Bertz CT molecular complexity index is 877. The maximum Gasteiger partial charge on any atom is 0.184 e. The standard InChI is InChI=1S/C18H17FN2OS.BrH/c1-10-4-9-15-16(11(10)2)21-18(23-15)20-12(3)17(22)13-5-7-14(19)8-6-13;/h4-9,12H,1-3H3,(H,20,21);1H/p-1. The van der Waals surface area contributed by atoms with Crippen LogP contribution in [0.25, 0.3) is 10.2 Å². The van der Waals surface area contributed by atoms with Crippen LogP contribution in [0.2, 0.25) is 0 Å². The molecule has 24 heavy (non-hydrogen) atoms. The molecule has 3 rings (SSSR count). The van der Waals surface area contributed by atoms with Gasteiger partial charge in [-0.1, -0.05) is 17.4 Å². The zero-order valence-electron chi connectivity index (χ0n) is 13.6. The average Bonchev–Trinajstić information content (AvgIpc) is 2.94. The number of hydrogen-bond acceptors (Lipinski definition) is 4. The lowest BCUT2D eigenvalue weighted by Gasteiger charge is -2.11. The minimum absolute atomic E-state index is 0. The van der Waals surface area contributed by atoms with E-state index in [-0.39, 0.29) is 28.6 Å². The molecule has 1 heterocycles. The third kappa shape index (κ3) is 3.65. The fraction of sp³-hybridized carbons (Fsp3) is 0.222. The second kappa shape index (κ2) is 7.40. The molecule has 1 N–H and O–H groups in total. The Morgan fingerprint density at radius 1 is 1.17 bits per heavy atom. The third-order valence-corrected chi connectivity index (χ3v) is 4.90. The average molecular weight is 408 g/mol. The number of halogens is 2. The highest BCUT2D eigenvalue weighted by atomic mass is 79.9. The number of aromatic nitrogens is 1. The first-order valence-corrected chi connectivity index (χ1v) is 8.20. The maximum atomic E-state index is 13.0. The Morgan fingerprint density at radius 3 is 2.50 bits per heavy atom. The molecule has 3 nitrogen and oxygen atoms in total. The van der Waals surface area contributed by atoms with E-state index in [1.807, 2.05) is 13.0 Å². The van der Waals surface area contributed by atoms with E-state index in [2.05, 4.69) is 23.3 Å². The molecule has 0 aliphatic heterocycles. The zero-order valence-corrected chi connectivity index (χ0v) is 16.0. The predicted molar refractivity (Wildman–Crippen MR) is 92.9 cm³/mol. The summed E-state index contributed by atoms with van der Waals surface area (Å²) in [5.41, 5.74) is 3.81. The molecule has 3 aromatic rings. The van der Waals surface area contributed by atoms with Gasteiger partial charge >= 0.3 is 0 Å². The number of anilines is 1. The molecule has 0 bridgehead atoms. The van der Waals surface area contributed by atoms with Gasteiger partial charge in [-0.05, 0) is 62.2 Å². The first-order valence-electron chi connectivity index (χ1n) is 7.39. The number of nitrogens with one attached hydrogen (secondary N) is 1. The Kier molecular flexibility index (Phi) is 5.72. The fourth-order valence-electron chi connectivity index (χ4n) is 2.40. The van der Waals surface area contributed by atoms with E-state index in [1.54, 1.807) is 6.92 Å². The van der Waals surface area contributed by atoms with E-state index in [4.69, 9.17) is 0 Å². The van der Waals surface area contributed by atoms with Crippen LogP contribution in [-0.2, 0) is 0 Å². The van der Waals surface area contributed by atoms with Crippen LogP contribution in [-0.4, -0.2) is 16.8 Å². The third-order valence-electron chi connectivity index (χ3n) is 3.95. The summed E-state index contributed by atoms with van der Waals surface area (Å²) in [6.07, 6.45) is 0. The second-order valence-corrected chi connectivity index (χ2v) is 6.64. The molecule has 1 aromatic heterocycles. The lowest BCUT2D eigenvalue weighted by Crippen LogP contribution is -3.00. The normalized spacial score (nSPS) is 11.8. The van der Waals surface area contributed by atoms with Crippen molar-refractivity contribution in [3.63, 3.8) is 0 Å². The van der Waals surface area contributed by atoms with Gasteiger partial charge in [-0.25, -0.2) is 9.37 Å². The van der Waals surface area contributed by atoms with Gasteiger partial charge in [-0.3, -0.25) is 4.79 Å². The van der Waals surface area contributed by atoms with Gasteiger partial charge < -0.3 is 22.3 Å². The Hall–Kier alpha value is -1.79. The molecule has 0 fully saturated rings. The summed E-state index contributed by atoms with van der Waals surface area (Å²) in [6, 6.07) is 9.29. The lowest BCUT2D eigenvalue weighted by molar-refractivity contribution is -0.0000128. The topological polar surface area (TPSA) is 42.0 Å². The molecule has 0 radical (unpaired) electrons. The summed E-state index contributed by atoms with van der Waals surface area (Å²) in [4.78, 5) is 17.0. The van der Waals surface area contributed by atoms with Crippen LogP contribution in [0, 0.1) is 19.7 Å². The summed E-state index contributed by atoms with van der Waals surface area (Å²) in [6.45, 7) is 5.89. The van der Waals surface area contributed by atoms with Crippen LogP contribution in [0.3, 0.4) is 0 Å². The van der Waals surface area contributed by atoms with Crippen molar-refractivity contribution in [2.75, 3.05) is 5.32 Å². The van der Waals surface area contributed by atoms with Crippen LogP contribution in [0.4, 0.5) is 9.52 Å². The maximum absolute atomic E-state index is 13.0. The van der Waals surface area contributed by atoms with Gasteiger partial charge in [0.25, 0.3) is 0 Å². The summed E-state index contributed by atoms with van der Waals surface area (Å²) >= 11 is 1.53. The highest BCUT2D eigenvalue weighted by molar-refractivity contribution is 7.22. The largest absolute Gasteiger partial charge is 1.00 e. The van der Waals surface area contributed by atoms with Gasteiger partial charge in [0.2, 0.25) is 0 Å². The van der Waals surface area contributed by atoms with Gasteiger partial charge in [0.05, 0.1) is 16.3 Å². The molecule has 0 saturated heterocycles. The molecule has 0 saturated carbocycles. The number of thiazole rings is 1. The number of carbonyl (C=O) groups excluding carboxylic acids is 1. The number of aryl methyl sites for hydroxylation is 2. The second-order valence-electron chi connectivity index (χ2n) is 5.61. The number of ketones is 1. The Balaban J connectivity index is 0.00000208. The highest BCUT2D eigenvalue weighted by Crippen LogP contribution is 2.30. The summed E-state index contributed by atoms with van der Waals surface area (Å²) in [5, 5.41) is 3.87. The first-order chi connectivity index (χ1) is 11.0. The summed E-state index contributed by atoms with van der Waals surface area (Å²) in [5.74, 6) is -0.434. The number of carbonyl (C=O) groups is 1. The van der Waals surface area contributed by atoms with Crippen LogP contribution < -0.4 is 22.3 Å². The minimum Gasteiger partial charge on any atom is -1.00 e. The molecule has 126 valence electrons. The van der Waals surface area contributed by atoms with Crippen molar-refractivity contribution in [3.8, 4) is 0 Å². The van der Waals surface area contributed by atoms with Gasteiger partial charge in [-0.15, -0.1) is 0 Å². The van der Waals surface area contributed by atoms with E-state index in [9.17, 15) is 9.18 Å². The number of hydrogen-bond donors (Lipinski definition) is 1. The van der Waals surface area contributed by atoms with Crippen molar-refractivity contribution in [1.29, 1.82) is 0 Å². The molecular formula is C18H17BrFN2OS-. The number of benzene rings is 2.